The third-order valence-corrected chi connectivity index (χ3v) is 2.59. The van der Waals surface area contributed by atoms with Gasteiger partial charge in [-0.1, -0.05) is 32.6 Å². The maximum atomic E-state index is 11.1. The highest BCUT2D eigenvalue weighted by Crippen LogP contribution is 2.16. The first-order valence-electron chi connectivity index (χ1n) is 4.93. The molecule has 0 saturated carbocycles. The minimum atomic E-state index is -1.13. The largest absolute Gasteiger partial charge is 0.412 e. The number of rotatable bonds is 7. The zero-order chi connectivity index (χ0) is 11.7. The van der Waals surface area contributed by atoms with Gasteiger partial charge in [0.05, 0.1) is 0 Å². The number of amides is 1. The first-order chi connectivity index (χ1) is 7.11. The van der Waals surface area contributed by atoms with Gasteiger partial charge in [-0.3, -0.25) is 4.79 Å². The lowest BCUT2D eigenvalue weighted by Crippen LogP contribution is -2.26. The van der Waals surface area contributed by atoms with E-state index in [-0.39, 0.29) is 0 Å². The highest BCUT2D eigenvalue weighted by molar-refractivity contribution is 7.95. The monoisotopic (exact) mass is 235 g/mol. The molecule has 88 valence electrons. The Hall–Kier alpha value is -0.750. The topological polar surface area (TPSA) is 89.6 Å². The molecule has 1 atom stereocenters. The fraction of sp³-hybridized carbons (Fsp3) is 0.778. The van der Waals surface area contributed by atoms with Gasteiger partial charge in [0.1, 0.15) is 5.25 Å². The van der Waals surface area contributed by atoms with Crippen LogP contribution in [0.2, 0.25) is 0 Å². The van der Waals surface area contributed by atoms with E-state index in [4.69, 9.17) is 4.55 Å². The molecule has 0 aromatic carbocycles. The van der Waals surface area contributed by atoms with Gasteiger partial charge in [0.25, 0.3) is 0 Å². The van der Waals surface area contributed by atoms with Crippen LogP contribution in [-0.4, -0.2) is 21.9 Å². The van der Waals surface area contributed by atoms with E-state index in [0.717, 1.165) is 25.7 Å². The molecule has 0 spiro atoms. The van der Waals surface area contributed by atoms with Crippen molar-refractivity contribution in [1.82, 2.24) is 0 Å². The lowest BCUT2D eigenvalue weighted by atomic mass is 10.1. The lowest BCUT2D eigenvalue weighted by Gasteiger charge is -2.09. The Bertz CT molecular complexity index is 210. The predicted molar refractivity (Wildman–Crippen MR) is 58.4 cm³/mol. The standard InChI is InChI=1S/C9H17NO4S/c1-2-3-4-5-6-7(15-13)8(11)14-9(10)12/h7,13H,2-6H2,1H3,(H2,10,12). The van der Waals surface area contributed by atoms with E-state index in [1.54, 1.807) is 0 Å². The van der Waals surface area contributed by atoms with Crippen LogP contribution in [0.3, 0.4) is 0 Å². The molecule has 0 aliphatic carbocycles. The van der Waals surface area contributed by atoms with Gasteiger partial charge in [0, 0.05) is 12.0 Å². The summed E-state index contributed by atoms with van der Waals surface area (Å²) in [5.41, 5.74) is 4.69. The van der Waals surface area contributed by atoms with Gasteiger partial charge in [-0.2, -0.15) is 0 Å². The summed E-state index contributed by atoms with van der Waals surface area (Å²) in [6.07, 6.45) is 3.37. The molecule has 6 heteroatoms. The van der Waals surface area contributed by atoms with Crippen LogP contribution in [0.1, 0.15) is 39.0 Å². The van der Waals surface area contributed by atoms with Crippen LogP contribution in [0.25, 0.3) is 0 Å². The number of hydrogen-bond acceptors (Lipinski definition) is 5. The molecule has 0 aliphatic heterocycles. The van der Waals surface area contributed by atoms with Gasteiger partial charge in [-0.05, 0) is 6.42 Å². The molecule has 5 nitrogen and oxygen atoms in total. The summed E-state index contributed by atoms with van der Waals surface area (Å²) < 4.78 is 13.0. The van der Waals surface area contributed by atoms with Crippen molar-refractivity contribution in [2.75, 3.05) is 0 Å². The number of unbranched alkanes of at least 4 members (excludes halogenated alkanes) is 3. The Labute approximate surface area is 93.6 Å². The molecule has 0 bridgehead atoms. The second kappa shape index (κ2) is 8.55. The summed E-state index contributed by atoms with van der Waals surface area (Å²) in [5.74, 6) is -0.772. The Balaban J connectivity index is 3.80. The molecule has 0 saturated heterocycles. The van der Waals surface area contributed by atoms with Crippen molar-refractivity contribution in [3.63, 3.8) is 0 Å². The van der Waals surface area contributed by atoms with Crippen molar-refractivity contribution in [2.24, 2.45) is 5.73 Å². The fourth-order valence-corrected chi connectivity index (χ4v) is 1.54. The average molecular weight is 235 g/mol. The van der Waals surface area contributed by atoms with Gasteiger partial charge in [0.15, 0.2) is 0 Å². The third kappa shape index (κ3) is 7.21. The van der Waals surface area contributed by atoms with E-state index >= 15 is 0 Å². The summed E-state index contributed by atoms with van der Waals surface area (Å²) in [6, 6.07) is 0. The molecule has 0 radical (unpaired) electrons. The maximum Gasteiger partial charge on any atom is 0.412 e. The van der Waals surface area contributed by atoms with Crippen molar-refractivity contribution in [3.8, 4) is 0 Å². The van der Waals surface area contributed by atoms with Crippen molar-refractivity contribution >= 4 is 24.1 Å². The first-order valence-corrected chi connectivity index (χ1v) is 5.76. The molecule has 0 aromatic rings. The molecular weight excluding hydrogens is 218 g/mol. The molecule has 0 fully saturated rings. The van der Waals surface area contributed by atoms with E-state index in [2.05, 4.69) is 17.4 Å². The molecule has 1 amide bonds. The minimum Gasteiger partial charge on any atom is -0.376 e. The van der Waals surface area contributed by atoms with Crippen molar-refractivity contribution in [2.45, 2.75) is 44.3 Å². The molecule has 0 aromatic heterocycles. The molecule has 3 N–H and O–H groups in total. The van der Waals surface area contributed by atoms with Crippen LogP contribution >= 0.6 is 12.0 Å². The van der Waals surface area contributed by atoms with E-state index in [1.807, 2.05) is 0 Å². The van der Waals surface area contributed by atoms with Crippen LogP contribution in [0.5, 0.6) is 0 Å². The van der Waals surface area contributed by atoms with Gasteiger partial charge in [-0.15, -0.1) is 0 Å². The van der Waals surface area contributed by atoms with Crippen LogP contribution < -0.4 is 5.73 Å². The van der Waals surface area contributed by atoms with Crippen molar-refractivity contribution in [3.05, 3.63) is 0 Å². The van der Waals surface area contributed by atoms with Crippen molar-refractivity contribution < 1.29 is 18.9 Å². The summed E-state index contributed by atoms with van der Waals surface area (Å²) in [5, 5.41) is -0.714. The number of primary amides is 1. The highest BCUT2D eigenvalue weighted by atomic mass is 32.2. The molecule has 0 rings (SSSR count). The van der Waals surface area contributed by atoms with E-state index in [9.17, 15) is 9.59 Å². The SMILES string of the molecule is CCCCCCC(SO)C(=O)OC(N)=O. The summed E-state index contributed by atoms with van der Waals surface area (Å²) in [7, 11) is 0. The lowest BCUT2D eigenvalue weighted by molar-refractivity contribution is -0.136. The van der Waals surface area contributed by atoms with Gasteiger partial charge in [0.2, 0.25) is 0 Å². The highest BCUT2D eigenvalue weighted by Gasteiger charge is 2.21. The normalized spacial score (nSPS) is 12.1. The van der Waals surface area contributed by atoms with Crippen LogP contribution in [0.15, 0.2) is 0 Å². The summed E-state index contributed by atoms with van der Waals surface area (Å²) in [6.45, 7) is 2.08. The number of ether oxygens (including phenoxy) is 1. The Morgan fingerprint density at radius 2 is 2.07 bits per heavy atom. The Morgan fingerprint density at radius 3 is 2.53 bits per heavy atom. The Kier molecular flexibility index (Phi) is 8.12. The molecule has 15 heavy (non-hydrogen) atoms. The zero-order valence-electron chi connectivity index (χ0n) is 8.77. The van der Waals surface area contributed by atoms with E-state index in [0.29, 0.717) is 18.5 Å². The Morgan fingerprint density at radius 1 is 1.40 bits per heavy atom. The van der Waals surface area contributed by atoms with Gasteiger partial charge < -0.3 is 15.0 Å². The van der Waals surface area contributed by atoms with Crippen LogP contribution in [0.4, 0.5) is 4.79 Å². The number of carbonyl (C=O) groups excluding carboxylic acids is 2. The van der Waals surface area contributed by atoms with Crippen LogP contribution in [0, 0.1) is 0 Å². The smallest absolute Gasteiger partial charge is 0.376 e. The number of carbonyl (C=O) groups is 2. The predicted octanol–water partition coefficient (Wildman–Crippen LogP) is 2.15. The van der Waals surface area contributed by atoms with E-state index in [1.165, 1.54) is 0 Å². The molecular formula is C9H17NO4S. The summed E-state index contributed by atoms with van der Waals surface area (Å²) in [4.78, 5) is 21.4. The number of hydrogen-bond donors (Lipinski definition) is 2. The summed E-state index contributed by atoms with van der Waals surface area (Å²) >= 11 is 0.396. The minimum absolute atomic E-state index is 0.396. The molecule has 0 aliphatic rings. The average Bonchev–Trinajstić information content (AvgIpc) is 2.16. The fourth-order valence-electron chi connectivity index (χ4n) is 1.13. The number of nitrogens with two attached hydrogens (primary N) is 1. The molecule has 0 heterocycles. The van der Waals surface area contributed by atoms with Crippen molar-refractivity contribution in [1.29, 1.82) is 0 Å². The maximum absolute atomic E-state index is 11.1. The quantitative estimate of drug-likeness (QED) is 0.305. The zero-order valence-corrected chi connectivity index (χ0v) is 9.59. The third-order valence-electron chi connectivity index (χ3n) is 1.91. The first kappa shape index (κ1) is 14.2. The molecule has 1 unspecified atom stereocenters. The van der Waals surface area contributed by atoms with Gasteiger partial charge >= 0.3 is 12.1 Å². The number of esters is 1. The second-order valence-corrected chi connectivity index (χ2v) is 3.96. The van der Waals surface area contributed by atoms with E-state index < -0.39 is 17.3 Å². The van der Waals surface area contributed by atoms with Crippen LogP contribution in [-0.2, 0) is 9.53 Å². The van der Waals surface area contributed by atoms with Gasteiger partial charge in [-0.25, -0.2) is 4.79 Å². The second-order valence-electron chi connectivity index (χ2n) is 3.18.